The minimum Gasteiger partial charge on any atom is -0.493 e. The van der Waals surface area contributed by atoms with Gasteiger partial charge >= 0.3 is 0 Å². The molecular weight excluding hydrogens is 334 g/mol. The van der Waals surface area contributed by atoms with Crippen LogP contribution in [0.25, 0.3) is 10.8 Å². The standard InChI is InChI=1S/C21H18ClNO2/c22-16-8-5-14(6-9-16)21-23-20-15(12-25-21)11-24-18-10-7-13-3-1-2-4-17(13)19(18)20/h1-10,15,20-21,23H,11-12H2/t15-,20+,21?/m1/s1. The zero-order chi connectivity index (χ0) is 16.8. The Kier molecular flexibility index (Phi) is 3.66. The third-order valence-corrected chi connectivity index (χ3v) is 5.40. The van der Waals surface area contributed by atoms with Gasteiger partial charge < -0.3 is 9.47 Å². The van der Waals surface area contributed by atoms with Crippen LogP contribution in [0.3, 0.4) is 0 Å². The Hall–Kier alpha value is -2.07. The maximum absolute atomic E-state index is 6.07. The van der Waals surface area contributed by atoms with E-state index >= 15 is 0 Å². The zero-order valence-electron chi connectivity index (χ0n) is 13.6. The van der Waals surface area contributed by atoms with E-state index in [0.29, 0.717) is 19.1 Å². The highest BCUT2D eigenvalue weighted by molar-refractivity contribution is 6.30. The van der Waals surface area contributed by atoms with Crippen molar-refractivity contribution in [3.05, 3.63) is 76.8 Å². The normalized spacial score (nSPS) is 25.1. The molecule has 2 aliphatic heterocycles. The first-order chi connectivity index (χ1) is 12.3. The van der Waals surface area contributed by atoms with Crippen molar-refractivity contribution in [1.82, 2.24) is 5.32 Å². The lowest BCUT2D eigenvalue weighted by molar-refractivity contribution is -0.0708. The molecule has 3 aromatic rings. The topological polar surface area (TPSA) is 30.5 Å². The van der Waals surface area contributed by atoms with E-state index in [4.69, 9.17) is 21.1 Å². The van der Waals surface area contributed by atoms with E-state index in [-0.39, 0.29) is 12.3 Å². The van der Waals surface area contributed by atoms with Gasteiger partial charge in [-0.1, -0.05) is 54.1 Å². The molecule has 0 saturated carbocycles. The number of halogens is 1. The van der Waals surface area contributed by atoms with E-state index in [0.717, 1.165) is 16.3 Å². The van der Waals surface area contributed by atoms with E-state index in [2.05, 4.69) is 41.7 Å². The molecule has 2 heterocycles. The van der Waals surface area contributed by atoms with Gasteiger partial charge in [-0.05, 0) is 34.5 Å². The van der Waals surface area contributed by atoms with Crippen LogP contribution >= 0.6 is 11.6 Å². The van der Waals surface area contributed by atoms with Crippen LogP contribution < -0.4 is 10.1 Å². The molecule has 3 atom stereocenters. The number of fused-ring (bicyclic) bond motifs is 5. The second kappa shape index (κ2) is 6.03. The van der Waals surface area contributed by atoms with Crippen molar-refractivity contribution in [2.45, 2.75) is 12.3 Å². The fourth-order valence-electron chi connectivity index (χ4n) is 3.88. The quantitative estimate of drug-likeness (QED) is 0.679. The first kappa shape index (κ1) is 15.2. The molecule has 25 heavy (non-hydrogen) atoms. The molecule has 3 nitrogen and oxygen atoms in total. The van der Waals surface area contributed by atoms with Gasteiger partial charge in [0.15, 0.2) is 0 Å². The number of hydrogen-bond acceptors (Lipinski definition) is 3. The summed E-state index contributed by atoms with van der Waals surface area (Å²) in [5.41, 5.74) is 2.34. The van der Waals surface area contributed by atoms with Gasteiger partial charge in [0.2, 0.25) is 0 Å². The number of benzene rings is 3. The third-order valence-electron chi connectivity index (χ3n) is 5.15. The predicted molar refractivity (Wildman–Crippen MR) is 99.0 cm³/mol. The number of rotatable bonds is 1. The Morgan fingerprint density at radius 2 is 1.76 bits per heavy atom. The molecule has 5 rings (SSSR count). The minimum atomic E-state index is -0.136. The third kappa shape index (κ3) is 2.60. The van der Waals surface area contributed by atoms with Crippen molar-refractivity contribution < 1.29 is 9.47 Å². The summed E-state index contributed by atoms with van der Waals surface area (Å²) in [6.45, 7) is 1.35. The van der Waals surface area contributed by atoms with Gasteiger partial charge in [0.25, 0.3) is 0 Å². The molecule has 0 radical (unpaired) electrons. The molecule has 1 fully saturated rings. The molecule has 0 bridgehead atoms. The summed E-state index contributed by atoms with van der Waals surface area (Å²) in [6.07, 6.45) is -0.136. The highest BCUT2D eigenvalue weighted by Gasteiger charge is 2.38. The van der Waals surface area contributed by atoms with Gasteiger partial charge in [0.1, 0.15) is 12.0 Å². The minimum absolute atomic E-state index is 0.136. The SMILES string of the molecule is Clc1ccc(C2N[C@@H]3c4c(ccc5ccccc45)OC[C@@H]3CO2)cc1. The Labute approximate surface area is 151 Å². The van der Waals surface area contributed by atoms with Gasteiger partial charge in [-0.3, -0.25) is 5.32 Å². The van der Waals surface area contributed by atoms with Crippen LogP contribution in [-0.2, 0) is 4.74 Å². The predicted octanol–water partition coefficient (Wildman–Crippen LogP) is 4.86. The Bertz CT molecular complexity index is 925. The molecule has 0 aliphatic carbocycles. The fraction of sp³-hybridized carbons (Fsp3) is 0.238. The first-order valence-corrected chi connectivity index (χ1v) is 8.95. The average Bonchev–Trinajstić information content (AvgIpc) is 2.67. The van der Waals surface area contributed by atoms with Gasteiger partial charge in [0.05, 0.1) is 13.2 Å². The smallest absolute Gasteiger partial charge is 0.134 e. The number of hydrogen-bond donors (Lipinski definition) is 1. The van der Waals surface area contributed by atoms with Gasteiger partial charge in [0, 0.05) is 22.5 Å². The summed E-state index contributed by atoms with van der Waals surface area (Å²) in [5.74, 6) is 1.28. The molecular formula is C21H18ClNO2. The van der Waals surface area contributed by atoms with E-state index < -0.39 is 0 Å². The van der Waals surface area contributed by atoms with E-state index in [1.165, 1.54) is 16.3 Å². The Morgan fingerprint density at radius 3 is 2.64 bits per heavy atom. The summed E-state index contributed by atoms with van der Waals surface area (Å²) < 4.78 is 12.1. The summed E-state index contributed by atoms with van der Waals surface area (Å²) in [7, 11) is 0. The lowest BCUT2D eigenvalue weighted by Gasteiger charge is -2.41. The van der Waals surface area contributed by atoms with Crippen molar-refractivity contribution in [3.63, 3.8) is 0 Å². The number of ether oxygens (including phenoxy) is 2. The van der Waals surface area contributed by atoms with Crippen LogP contribution in [0.2, 0.25) is 5.02 Å². The molecule has 0 aromatic heterocycles. The number of nitrogens with one attached hydrogen (secondary N) is 1. The maximum Gasteiger partial charge on any atom is 0.134 e. The molecule has 0 amide bonds. The summed E-state index contributed by atoms with van der Waals surface area (Å²) in [6, 6.07) is 20.8. The zero-order valence-corrected chi connectivity index (χ0v) is 14.4. The van der Waals surface area contributed by atoms with Crippen molar-refractivity contribution >= 4 is 22.4 Å². The average molecular weight is 352 g/mol. The largest absolute Gasteiger partial charge is 0.493 e. The van der Waals surface area contributed by atoms with Crippen LogP contribution in [0.5, 0.6) is 5.75 Å². The lowest BCUT2D eigenvalue weighted by Crippen LogP contribution is -2.45. The van der Waals surface area contributed by atoms with Crippen LogP contribution in [0, 0.1) is 5.92 Å². The Balaban J connectivity index is 1.56. The second-order valence-corrected chi connectivity index (χ2v) is 7.12. The van der Waals surface area contributed by atoms with Gasteiger partial charge in [-0.15, -0.1) is 0 Å². The van der Waals surface area contributed by atoms with Crippen LogP contribution in [-0.4, -0.2) is 13.2 Å². The highest BCUT2D eigenvalue weighted by atomic mass is 35.5. The van der Waals surface area contributed by atoms with Crippen molar-refractivity contribution in [2.24, 2.45) is 5.92 Å². The summed E-state index contributed by atoms with van der Waals surface area (Å²) in [4.78, 5) is 0. The molecule has 2 aliphatic rings. The van der Waals surface area contributed by atoms with E-state index in [9.17, 15) is 0 Å². The molecule has 126 valence electrons. The van der Waals surface area contributed by atoms with Gasteiger partial charge in [-0.25, -0.2) is 0 Å². The maximum atomic E-state index is 6.07. The highest BCUT2D eigenvalue weighted by Crippen LogP contribution is 2.43. The fourth-order valence-corrected chi connectivity index (χ4v) is 4.00. The van der Waals surface area contributed by atoms with Crippen LogP contribution in [0.4, 0.5) is 0 Å². The van der Waals surface area contributed by atoms with Crippen LogP contribution in [0.1, 0.15) is 23.4 Å². The molecule has 0 spiro atoms. The molecule has 1 saturated heterocycles. The summed E-state index contributed by atoms with van der Waals surface area (Å²) >= 11 is 6.02. The first-order valence-electron chi connectivity index (χ1n) is 8.57. The second-order valence-electron chi connectivity index (χ2n) is 6.68. The lowest BCUT2D eigenvalue weighted by atomic mass is 9.86. The van der Waals surface area contributed by atoms with Crippen molar-refractivity contribution in [3.8, 4) is 5.75 Å². The van der Waals surface area contributed by atoms with Crippen LogP contribution in [0.15, 0.2) is 60.7 Å². The van der Waals surface area contributed by atoms with E-state index in [1.54, 1.807) is 0 Å². The monoisotopic (exact) mass is 351 g/mol. The van der Waals surface area contributed by atoms with Crippen molar-refractivity contribution in [1.29, 1.82) is 0 Å². The summed E-state index contributed by atoms with van der Waals surface area (Å²) in [5, 5.41) is 6.92. The molecule has 4 heteroatoms. The van der Waals surface area contributed by atoms with Gasteiger partial charge in [-0.2, -0.15) is 0 Å². The molecule has 1 N–H and O–H groups in total. The van der Waals surface area contributed by atoms with E-state index in [1.807, 2.05) is 24.3 Å². The Morgan fingerprint density at radius 1 is 0.920 bits per heavy atom. The van der Waals surface area contributed by atoms with Crippen molar-refractivity contribution in [2.75, 3.05) is 13.2 Å². The molecule has 1 unspecified atom stereocenters. The molecule has 3 aromatic carbocycles.